The van der Waals surface area contributed by atoms with Crippen LogP contribution in [0.2, 0.25) is 0 Å². The Bertz CT molecular complexity index is 395. The van der Waals surface area contributed by atoms with E-state index < -0.39 is 5.54 Å². The minimum absolute atomic E-state index is 0.0275. The van der Waals surface area contributed by atoms with Gasteiger partial charge in [-0.25, -0.2) is 0 Å². The lowest BCUT2D eigenvalue weighted by atomic mass is 9.96. The van der Waals surface area contributed by atoms with Crippen LogP contribution in [-0.2, 0) is 0 Å². The monoisotopic (exact) mass is 223 g/mol. The Hall–Kier alpha value is -1.29. The largest absolute Gasteiger partial charge is 0.469 e. The Kier molecular flexibility index (Phi) is 2.76. The molecular weight excluding hydrogens is 206 g/mol. The van der Waals surface area contributed by atoms with Gasteiger partial charge in [-0.15, -0.1) is 0 Å². The van der Waals surface area contributed by atoms with E-state index in [-0.39, 0.29) is 12.5 Å². The fourth-order valence-electron chi connectivity index (χ4n) is 1.94. The van der Waals surface area contributed by atoms with Gasteiger partial charge >= 0.3 is 0 Å². The van der Waals surface area contributed by atoms with Gasteiger partial charge in [0.15, 0.2) is 0 Å². The molecule has 1 fully saturated rings. The van der Waals surface area contributed by atoms with Crippen LogP contribution in [0.1, 0.15) is 35.9 Å². The zero-order valence-electron chi connectivity index (χ0n) is 9.62. The second-order valence-electron chi connectivity index (χ2n) is 4.69. The van der Waals surface area contributed by atoms with Crippen molar-refractivity contribution in [1.29, 1.82) is 0 Å². The molecule has 16 heavy (non-hydrogen) atoms. The molecule has 1 heterocycles. The van der Waals surface area contributed by atoms with Crippen molar-refractivity contribution in [2.24, 2.45) is 5.92 Å². The highest BCUT2D eigenvalue weighted by molar-refractivity contribution is 5.95. The highest BCUT2D eigenvalue weighted by atomic mass is 16.3. The maximum atomic E-state index is 12.0. The van der Waals surface area contributed by atoms with E-state index in [1.54, 1.807) is 13.0 Å². The van der Waals surface area contributed by atoms with E-state index >= 15 is 0 Å². The van der Waals surface area contributed by atoms with Gasteiger partial charge in [-0.1, -0.05) is 0 Å². The third-order valence-electron chi connectivity index (χ3n) is 3.31. The molecule has 1 atom stereocenters. The molecule has 1 aliphatic carbocycles. The van der Waals surface area contributed by atoms with Gasteiger partial charge in [0.1, 0.15) is 5.76 Å². The summed E-state index contributed by atoms with van der Waals surface area (Å²) in [6.45, 7) is 3.61. The summed E-state index contributed by atoms with van der Waals surface area (Å²) >= 11 is 0. The Morgan fingerprint density at radius 2 is 2.38 bits per heavy atom. The van der Waals surface area contributed by atoms with Crippen LogP contribution < -0.4 is 5.32 Å². The number of nitrogens with one attached hydrogen (secondary N) is 1. The van der Waals surface area contributed by atoms with Gasteiger partial charge < -0.3 is 14.8 Å². The van der Waals surface area contributed by atoms with E-state index in [0.29, 0.717) is 17.2 Å². The zero-order chi connectivity index (χ0) is 11.8. The third-order valence-corrected chi connectivity index (χ3v) is 3.31. The number of carbonyl (C=O) groups is 1. The average Bonchev–Trinajstić information content (AvgIpc) is 3.02. The summed E-state index contributed by atoms with van der Waals surface area (Å²) in [5, 5.41) is 12.3. The highest BCUT2D eigenvalue weighted by Gasteiger charge is 2.42. The number of amides is 1. The first kappa shape index (κ1) is 11.2. The number of hydrogen-bond donors (Lipinski definition) is 2. The predicted octanol–water partition coefficient (Wildman–Crippen LogP) is 1.48. The predicted molar refractivity (Wildman–Crippen MR) is 59.1 cm³/mol. The summed E-state index contributed by atoms with van der Waals surface area (Å²) in [7, 11) is 0. The smallest absolute Gasteiger partial charge is 0.255 e. The molecule has 1 saturated carbocycles. The van der Waals surface area contributed by atoms with E-state index in [4.69, 9.17) is 4.42 Å². The Balaban J connectivity index is 2.09. The fraction of sp³-hybridized carbons (Fsp3) is 0.583. The number of aryl methyl sites for hydroxylation is 1. The molecule has 4 nitrogen and oxygen atoms in total. The lowest BCUT2D eigenvalue weighted by Gasteiger charge is -2.28. The summed E-state index contributed by atoms with van der Waals surface area (Å²) in [4.78, 5) is 12.0. The van der Waals surface area contributed by atoms with Crippen LogP contribution in [0.5, 0.6) is 0 Å². The second kappa shape index (κ2) is 3.94. The topological polar surface area (TPSA) is 62.5 Å². The van der Waals surface area contributed by atoms with Gasteiger partial charge in [-0.3, -0.25) is 4.79 Å². The highest BCUT2D eigenvalue weighted by Crippen LogP contribution is 2.39. The maximum absolute atomic E-state index is 12.0. The molecule has 1 aromatic heterocycles. The molecule has 0 aliphatic heterocycles. The maximum Gasteiger partial charge on any atom is 0.255 e. The van der Waals surface area contributed by atoms with Crippen LogP contribution in [0.15, 0.2) is 16.7 Å². The van der Waals surface area contributed by atoms with Crippen LogP contribution in [0, 0.1) is 12.8 Å². The minimum atomic E-state index is -0.499. The van der Waals surface area contributed by atoms with Gasteiger partial charge in [-0.05, 0) is 38.7 Å². The van der Waals surface area contributed by atoms with Crippen LogP contribution >= 0.6 is 0 Å². The van der Waals surface area contributed by atoms with E-state index in [1.165, 1.54) is 6.26 Å². The minimum Gasteiger partial charge on any atom is -0.469 e. The summed E-state index contributed by atoms with van der Waals surface area (Å²) < 4.78 is 5.09. The molecule has 2 N–H and O–H groups in total. The van der Waals surface area contributed by atoms with Crippen molar-refractivity contribution >= 4 is 5.91 Å². The number of carbonyl (C=O) groups excluding carboxylic acids is 1. The fourth-order valence-corrected chi connectivity index (χ4v) is 1.94. The van der Waals surface area contributed by atoms with Gasteiger partial charge in [0.05, 0.1) is 24.0 Å². The summed E-state index contributed by atoms with van der Waals surface area (Å²) in [6.07, 6.45) is 3.64. The van der Waals surface area contributed by atoms with Crippen molar-refractivity contribution < 1.29 is 14.3 Å². The average molecular weight is 223 g/mol. The molecule has 4 heteroatoms. The quantitative estimate of drug-likeness (QED) is 0.812. The Morgan fingerprint density at radius 3 is 2.81 bits per heavy atom. The van der Waals surface area contributed by atoms with Gasteiger partial charge in [0.25, 0.3) is 5.91 Å². The second-order valence-corrected chi connectivity index (χ2v) is 4.69. The molecule has 0 spiro atoms. The Morgan fingerprint density at radius 1 is 1.69 bits per heavy atom. The number of aliphatic hydroxyl groups is 1. The summed E-state index contributed by atoms with van der Waals surface area (Å²) in [6, 6.07) is 1.65. The normalized spacial score (nSPS) is 19.2. The van der Waals surface area contributed by atoms with Crippen LogP contribution in [0.25, 0.3) is 0 Å². The van der Waals surface area contributed by atoms with Crippen LogP contribution in [-0.4, -0.2) is 23.2 Å². The SMILES string of the molecule is Cc1occc1C(=O)N[C@](C)(CO)C1CC1. The summed E-state index contributed by atoms with van der Waals surface area (Å²) in [5.41, 5.74) is 0.0428. The molecular formula is C12H17NO3. The third kappa shape index (κ3) is 1.97. The summed E-state index contributed by atoms with van der Waals surface area (Å²) in [5.74, 6) is 0.831. The van der Waals surface area contributed by atoms with Gasteiger partial charge in [0, 0.05) is 0 Å². The number of aliphatic hydroxyl groups excluding tert-OH is 1. The molecule has 0 unspecified atom stereocenters. The van der Waals surface area contributed by atoms with Gasteiger partial charge in [-0.2, -0.15) is 0 Å². The molecule has 0 aromatic carbocycles. The van der Waals surface area contributed by atoms with Crippen molar-refractivity contribution in [2.45, 2.75) is 32.2 Å². The molecule has 2 rings (SSSR count). The lowest BCUT2D eigenvalue weighted by Crippen LogP contribution is -2.50. The van der Waals surface area contributed by atoms with Crippen LogP contribution in [0.3, 0.4) is 0 Å². The molecule has 88 valence electrons. The van der Waals surface area contributed by atoms with Crippen molar-refractivity contribution in [2.75, 3.05) is 6.61 Å². The first-order valence-electron chi connectivity index (χ1n) is 5.54. The van der Waals surface area contributed by atoms with E-state index in [2.05, 4.69) is 5.32 Å². The zero-order valence-corrected chi connectivity index (χ0v) is 9.62. The first-order chi connectivity index (χ1) is 7.57. The molecule has 1 amide bonds. The molecule has 1 aliphatic rings. The molecule has 0 bridgehead atoms. The van der Waals surface area contributed by atoms with Crippen molar-refractivity contribution in [3.05, 3.63) is 23.7 Å². The van der Waals surface area contributed by atoms with E-state index in [9.17, 15) is 9.90 Å². The van der Waals surface area contributed by atoms with Gasteiger partial charge in [0.2, 0.25) is 0 Å². The van der Waals surface area contributed by atoms with Crippen molar-refractivity contribution in [3.8, 4) is 0 Å². The molecule has 0 radical (unpaired) electrons. The molecule has 1 aromatic rings. The standard InChI is InChI=1S/C12H17NO3/c1-8-10(5-6-16-8)11(15)13-12(2,7-14)9-3-4-9/h5-6,9,14H,3-4,7H2,1-2H3,(H,13,15)/t12-/m1/s1. The van der Waals surface area contributed by atoms with Crippen molar-refractivity contribution in [3.63, 3.8) is 0 Å². The van der Waals surface area contributed by atoms with E-state index in [1.807, 2.05) is 6.92 Å². The Labute approximate surface area is 94.6 Å². The molecule has 0 saturated heterocycles. The number of rotatable bonds is 4. The van der Waals surface area contributed by atoms with Crippen LogP contribution in [0.4, 0.5) is 0 Å². The lowest BCUT2D eigenvalue weighted by molar-refractivity contribution is 0.0823. The first-order valence-corrected chi connectivity index (χ1v) is 5.54. The number of hydrogen-bond acceptors (Lipinski definition) is 3. The van der Waals surface area contributed by atoms with Crippen molar-refractivity contribution in [1.82, 2.24) is 5.32 Å². The van der Waals surface area contributed by atoms with E-state index in [0.717, 1.165) is 12.8 Å². The number of furan rings is 1.